The van der Waals surface area contributed by atoms with Crippen molar-refractivity contribution in [2.45, 2.75) is 32.1 Å². The Hall–Kier alpha value is -2.38. The van der Waals surface area contributed by atoms with Crippen molar-refractivity contribution in [3.8, 4) is 5.75 Å². The van der Waals surface area contributed by atoms with E-state index in [-0.39, 0.29) is 23.8 Å². The molecule has 0 aliphatic carbocycles. The Bertz CT molecular complexity index is 926. The highest BCUT2D eigenvalue weighted by atomic mass is 32.2. The minimum atomic E-state index is -3.64. The zero-order valence-electron chi connectivity index (χ0n) is 16.9. The number of nitrogens with zero attached hydrogens (tertiary/aromatic N) is 1. The summed E-state index contributed by atoms with van der Waals surface area (Å²) in [5.41, 5.74) is 2.59. The summed E-state index contributed by atoms with van der Waals surface area (Å²) in [4.78, 5) is 14.0. The highest BCUT2D eigenvalue weighted by Gasteiger charge is 2.17. The third-order valence-corrected chi connectivity index (χ3v) is 6.07. The molecule has 0 atom stereocenters. The van der Waals surface area contributed by atoms with Crippen molar-refractivity contribution in [3.05, 3.63) is 59.2 Å². The van der Waals surface area contributed by atoms with E-state index in [1.807, 2.05) is 44.2 Å². The zero-order valence-corrected chi connectivity index (χ0v) is 17.7. The number of hydrogen-bond acceptors (Lipinski definition) is 4. The molecular formula is C21H28N2O4S. The van der Waals surface area contributed by atoms with Crippen LogP contribution in [-0.2, 0) is 14.8 Å². The average molecular weight is 405 g/mol. The molecular weight excluding hydrogens is 376 g/mol. The normalized spacial score (nSPS) is 11.3. The maximum atomic E-state index is 12.5. The van der Waals surface area contributed by atoms with E-state index in [0.29, 0.717) is 18.7 Å². The van der Waals surface area contributed by atoms with Crippen molar-refractivity contribution in [2.24, 2.45) is 0 Å². The van der Waals surface area contributed by atoms with Gasteiger partial charge in [-0.15, -0.1) is 0 Å². The van der Waals surface area contributed by atoms with Crippen LogP contribution < -0.4 is 9.46 Å². The average Bonchev–Trinajstić information content (AvgIpc) is 2.64. The van der Waals surface area contributed by atoms with Crippen LogP contribution in [-0.4, -0.2) is 46.0 Å². The molecule has 28 heavy (non-hydrogen) atoms. The molecule has 1 N–H and O–H groups in total. The minimum Gasteiger partial charge on any atom is -0.491 e. The Morgan fingerprint density at radius 2 is 1.79 bits per heavy atom. The summed E-state index contributed by atoms with van der Waals surface area (Å²) < 4.78 is 33.1. The summed E-state index contributed by atoms with van der Waals surface area (Å²) in [7, 11) is -1.95. The van der Waals surface area contributed by atoms with Gasteiger partial charge in [0.25, 0.3) is 0 Å². The van der Waals surface area contributed by atoms with Gasteiger partial charge >= 0.3 is 0 Å². The van der Waals surface area contributed by atoms with Gasteiger partial charge in [-0.25, -0.2) is 13.1 Å². The number of likely N-dealkylation sites (N-methyl/N-ethyl adjacent to an activating group) is 1. The number of aryl methyl sites for hydroxylation is 3. The number of benzene rings is 2. The second-order valence-electron chi connectivity index (χ2n) is 6.85. The van der Waals surface area contributed by atoms with Crippen LogP contribution in [0.4, 0.5) is 0 Å². The largest absolute Gasteiger partial charge is 0.491 e. The van der Waals surface area contributed by atoms with Crippen molar-refractivity contribution >= 4 is 15.9 Å². The quantitative estimate of drug-likeness (QED) is 0.697. The van der Waals surface area contributed by atoms with Gasteiger partial charge in [0, 0.05) is 20.0 Å². The SMILES string of the molecule is Cc1ccc(C)c(S(=O)(=O)NCCC(=O)N(C)CCOc2ccccc2C)c1. The van der Waals surface area contributed by atoms with Crippen LogP contribution in [0, 0.1) is 20.8 Å². The molecule has 1 amide bonds. The predicted octanol–water partition coefficient (Wildman–Crippen LogP) is 2.82. The van der Waals surface area contributed by atoms with E-state index in [0.717, 1.165) is 16.9 Å². The van der Waals surface area contributed by atoms with Gasteiger partial charge in [-0.1, -0.05) is 30.3 Å². The molecule has 2 aromatic rings. The van der Waals surface area contributed by atoms with Crippen LogP contribution in [0.5, 0.6) is 5.75 Å². The summed E-state index contributed by atoms with van der Waals surface area (Å²) >= 11 is 0. The Morgan fingerprint density at radius 3 is 2.50 bits per heavy atom. The molecule has 0 heterocycles. The van der Waals surface area contributed by atoms with Crippen molar-refractivity contribution in [1.29, 1.82) is 0 Å². The molecule has 0 radical (unpaired) electrons. The van der Waals surface area contributed by atoms with Crippen LogP contribution in [0.25, 0.3) is 0 Å². The molecule has 7 heteroatoms. The molecule has 0 spiro atoms. The Kier molecular flexibility index (Phi) is 7.60. The van der Waals surface area contributed by atoms with Crippen molar-refractivity contribution < 1.29 is 17.9 Å². The zero-order chi connectivity index (χ0) is 20.7. The monoisotopic (exact) mass is 404 g/mol. The lowest BCUT2D eigenvalue weighted by atomic mass is 10.2. The molecule has 0 saturated heterocycles. The first-order valence-electron chi connectivity index (χ1n) is 9.20. The van der Waals surface area contributed by atoms with E-state index in [2.05, 4.69) is 4.72 Å². The van der Waals surface area contributed by atoms with E-state index in [4.69, 9.17) is 4.74 Å². The van der Waals surface area contributed by atoms with Crippen LogP contribution in [0.2, 0.25) is 0 Å². The molecule has 0 aromatic heterocycles. The topological polar surface area (TPSA) is 75.7 Å². The molecule has 0 aliphatic rings. The van der Waals surface area contributed by atoms with E-state index in [9.17, 15) is 13.2 Å². The van der Waals surface area contributed by atoms with Gasteiger partial charge in [-0.05, 0) is 49.6 Å². The number of para-hydroxylation sites is 1. The van der Waals surface area contributed by atoms with Gasteiger partial charge in [0.2, 0.25) is 15.9 Å². The molecule has 2 aromatic carbocycles. The third kappa shape index (κ3) is 6.07. The second-order valence-corrected chi connectivity index (χ2v) is 8.58. The highest BCUT2D eigenvalue weighted by molar-refractivity contribution is 7.89. The van der Waals surface area contributed by atoms with Gasteiger partial charge in [0.05, 0.1) is 11.4 Å². The van der Waals surface area contributed by atoms with Gasteiger partial charge in [0.15, 0.2) is 0 Å². The van der Waals surface area contributed by atoms with Gasteiger partial charge in [-0.3, -0.25) is 4.79 Å². The maximum Gasteiger partial charge on any atom is 0.240 e. The highest BCUT2D eigenvalue weighted by Crippen LogP contribution is 2.17. The molecule has 0 saturated carbocycles. The summed E-state index contributed by atoms with van der Waals surface area (Å²) in [5.74, 6) is 0.654. The number of nitrogens with one attached hydrogen (secondary N) is 1. The Morgan fingerprint density at radius 1 is 1.07 bits per heavy atom. The lowest BCUT2D eigenvalue weighted by Gasteiger charge is -2.18. The fraction of sp³-hybridized carbons (Fsp3) is 0.381. The summed E-state index contributed by atoms with van der Waals surface area (Å²) in [6.07, 6.45) is 0.0883. The van der Waals surface area contributed by atoms with E-state index in [1.165, 1.54) is 0 Å². The first-order valence-corrected chi connectivity index (χ1v) is 10.7. The first kappa shape index (κ1) is 21.9. The predicted molar refractivity (Wildman–Crippen MR) is 110 cm³/mol. The standard InChI is InChI=1S/C21H28N2O4S/c1-16-9-10-18(3)20(15-16)28(25,26)22-12-11-21(24)23(4)13-14-27-19-8-6-5-7-17(19)2/h5-10,15,22H,11-14H2,1-4H3. The smallest absolute Gasteiger partial charge is 0.240 e. The molecule has 0 fully saturated rings. The minimum absolute atomic E-state index is 0.0531. The number of carbonyl (C=O) groups is 1. The summed E-state index contributed by atoms with van der Waals surface area (Å²) in [5, 5.41) is 0. The Balaban J connectivity index is 1.79. The van der Waals surface area contributed by atoms with Crippen LogP contribution in [0.3, 0.4) is 0 Å². The third-order valence-electron chi connectivity index (χ3n) is 4.47. The molecule has 2 rings (SSSR count). The van der Waals surface area contributed by atoms with E-state index in [1.54, 1.807) is 31.0 Å². The van der Waals surface area contributed by atoms with E-state index < -0.39 is 10.0 Å². The van der Waals surface area contributed by atoms with Crippen LogP contribution in [0.1, 0.15) is 23.1 Å². The summed E-state index contributed by atoms with van der Waals surface area (Å²) in [6.45, 7) is 6.42. The lowest BCUT2D eigenvalue weighted by Crippen LogP contribution is -2.34. The lowest BCUT2D eigenvalue weighted by molar-refractivity contribution is -0.130. The number of hydrogen-bond donors (Lipinski definition) is 1. The number of sulfonamides is 1. The fourth-order valence-electron chi connectivity index (χ4n) is 2.69. The van der Waals surface area contributed by atoms with Gasteiger partial charge in [-0.2, -0.15) is 0 Å². The molecule has 0 bridgehead atoms. The molecule has 0 aliphatic heterocycles. The maximum absolute atomic E-state index is 12.5. The number of carbonyl (C=O) groups excluding carboxylic acids is 1. The number of ether oxygens (including phenoxy) is 1. The second kappa shape index (κ2) is 9.71. The number of rotatable bonds is 9. The number of amides is 1. The summed E-state index contributed by atoms with van der Waals surface area (Å²) in [6, 6.07) is 13.0. The van der Waals surface area contributed by atoms with E-state index >= 15 is 0 Å². The first-order chi connectivity index (χ1) is 13.2. The van der Waals surface area contributed by atoms with Gasteiger partial charge < -0.3 is 9.64 Å². The van der Waals surface area contributed by atoms with Crippen molar-refractivity contribution in [1.82, 2.24) is 9.62 Å². The Labute approximate surface area is 167 Å². The van der Waals surface area contributed by atoms with Crippen molar-refractivity contribution in [3.63, 3.8) is 0 Å². The van der Waals surface area contributed by atoms with Gasteiger partial charge in [0.1, 0.15) is 12.4 Å². The van der Waals surface area contributed by atoms with Crippen molar-refractivity contribution in [2.75, 3.05) is 26.7 Å². The van der Waals surface area contributed by atoms with Crippen LogP contribution in [0.15, 0.2) is 47.4 Å². The molecule has 6 nitrogen and oxygen atoms in total. The van der Waals surface area contributed by atoms with Crippen LogP contribution >= 0.6 is 0 Å². The fourth-order valence-corrected chi connectivity index (χ4v) is 4.05. The molecule has 0 unspecified atom stereocenters. The molecule has 152 valence electrons.